The van der Waals surface area contributed by atoms with E-state index in [2.05, 4.69) is 0 Å². The highest BCUT2D eigenvalue weighted by Crippen LogP contribution is 2.32. The van der Waals surface area contributed by atoms with Gasteiger partial charge in [0.05, 0.1) is 5.56 Å². The van der Waals surface area contributed by atoms with Gasteiger partial charge < -0.3 is 0 Å². The fourth-order valence-corrected chi connectivity index (χ4v) is 2.32. The molecule has 0 aliphatic heterocycles. The quantitative estimate of drug-likeness (QED) is 0.346. The number of rotatable bonds is 2. The Kier molecular flexibility index (Phi) is 4.32. The lowest BCUT2D eigenvalue weighted by Gasteiger charge is -2.09. The Morgan fingerprint density at radius 1 is 0.810 bits per heavy atom. The van der Waals surface area contributed by atoms with Gasteiger partial charge >= 0.3 is 0 Å². The van der Waals surface area contributed by atoms with E-state index in [1.165, 1.54) is 31.2 Å². The normalized spacial score (nSPS) is 10.8. The van der Waals surface area contributed by atoms with E-state index >= 15 is 0 Å². The average Bonchev–Trinajstić information content (AvgIpc) is 2.44. The zero-order chi connectivity index (χ0) is 15.7. The first kappa shape index (κ1) is 15.5. The number of hydrogen-bond donors (Lipinski definition) is 0. The molecule has 0 aliphatic rings. The first-order chi connectivity index (χ1) is 9.82. The molecule has 1 nitrogen and oxygen atoms in total. The Hall–Kier alpha value is -1.89. The number of carbonyl (C=O) groups excluding carboxylic acids is 1. The van der Waals surface area contributed by atoms with Crippen LogP contribution in [0.2, 0.25) is 0 Å². The Morgan fingerprint density at radius 2 is 1.24 bits per heavy atom. The monoisotopic (exact) mass is 318 g/mol. The summed E-state index contributed by atoms with van der Waals surface area (Å²) in [7, 11) is 0. The highest BCUT2D eigenvalue weighted by Gasteiger charge is 2.26. The van der Waals surface area contributed by atoms with Crippen molar-refractivity contribution in [2.45, 2.75) is 11.8 Å². The molecule has 0 unspecified atom stereocenters. The fourth-order valence-electron chi connectivity index (χ4n) is 1.71. The third-order valence-electron chi connectivity index (χ3n) is 2.61. The summed E-state index contributed by atoms with van der Waals surface area (Å²) in [6.07, 6.45) is 0. The van der Waals surface area contributed by atoms with E-state index in [1.807, 2.05) is 0 Å². The lowest BCUT2D eigenvalue weighted by atomic mass is 10.0. The Morgan fingerprint density at radius 3 is 1.67 bits per heavy atom. The van der Waals surface area contributed by atoms with Crippen LogP contribution in [0.15, 0.2) is 29.2 Å². The Balaban J connectivity index is 2.54. The summed E-state index contributed by atoms with van der Waals surface area (Å²) in [6.45, 7) is 1.34. The SMILES string of the molecule is CC(=O)Sc1ccc(-c2c(F)c(F)c(F)c(F)c2F)cc1. The van der Waals surface area contributed by atoms with Gasteiger partial charge in [0.15, 0.2) is 28.4 Å². The second-order valence-corrected chi connectivity index (χ2v) is 5.31. The third-order valence-corrected chi connectivity index (χ3v) is 3.41. The molecular weight excluding hydrogens is 311 g/mol. The zero-order valence-corrected chi connectivity index (χ0v) is 11.3. The summed E-state index contributed by atoms with van der Waals surface area (Å²) < 4.78 is 66.4. The molecule has 2 aromatic carbocycles. The maximum atomic E-state index is 13.6. The first-order valence-corrected chi connectivity index (χ1v) is 6.45. The molecule has 0 saturated carbocycles. The number of benzene rings is 2. The molecule has 110 valence electrons. The van der Waals surface area contributed by atoms with Crippen LogP contribution in [0, 0.1) is 29.1 Å². The second-order valence-electron chi connectivity index (χ2n) is 4.06. The van der Waals surface area contributed by atoms with Crippen molar-refractivity contribution in [1.29, 1.82) is 0 Å². The summed E-state index contributed by atoms with van der Waals surface area (Å²) >= 11 is 0.885. The molecule has 7 heteroatoms. The van der Waals surface area contributed by atoms with Crippen molar-refractivity contribution in [2.24, 2.45) is 0 Å². The summed E-state index contributed by atoms with van der Waals surface area (Å²) in [5, 5.41) is -0.195. The standard InChI is InChI=1S/C14H7F5OS/c1-6(20)21-8-4-2-7(3-5-8)9-10(15)12(17)14(19)13(18)11(9)16/h2-5H,1H3. The Bertz CT molecular complexity index is 683. The summed E-state index contributed by atoms with van der Waals surface area (Å²) in [5.74, 6) is -9.97. The van der Waals surface area contributed by atoms with E-state index in [9.17, 15) is 26.7 Å². The topological polar surface area (TPSA) is 17.1 Å². The van der Waals surface area contributed by atoms with Gasteiger partial charge in [0.1, 0.15) is 0 Å². The molecule has 0 aliphatic carbocycles. The maximum absolute atomic E-state index is 13.6. The number of hydrogen-bond acceptors (Lipinski definition) is 2. The molecule has 2 aromatic rings. The third kappa shape index (κ3) is 2.92. The van der Waals surface area contributed by atoms with Crippen molar-refractivity contribution in [1.82, 2.24) is 0 Å². The Labute approximate surface area is 120 Å². The van der Waals surface area contributed by atoms with Gasteiger partial charge in [-0.25, -0.2) is 22.0 Å². The molecule has 0 N–H and O–H groups in total. The van der Waals surface area contributed by atoms with Crippen molar-refractivity contribution >= 4 is 16.9 Å². The molecule has 0 aromatic heterocycles. The largest absolute Gasteiger partial charge is 0.287 e. The van der Waals surface area contributed by atoms with Gasteiger partial charge in [0, 0.05) is 11.8 Å². The predicted molar refractivity (Wildman–Crippen MR) is 68.2 cm³/mol. The highest BCUT2D eigenvalue weighted by atomic mass is 32.2. The van der Waals surface area contributed by atoms with Crippen LogP contribution in [0.25, 0.3) is 11.1 Å². The molecule has 0 fully saturated rings. The minimum absolute atomic E-state index is 0.171. The van der Waals surface area contributed by atoms with Crippen molar-refractivity contribution in [2.75, 3.05) is 0 Å². The maximum Gasteiger partial charge on any atom is 0.200 e. The summed E-state index contributed by atoms with van der Waals surface area (Å²) in [6, 6.07) is 5.09. The van der Waals surface area contributed by atoms with Gasteiger partial charge in [-0.05, 0) is 17.7 Å². The van der Waals surface area contributed by atoms with E-state index in [4.69, 9.17) is 0 Å². The lowest BCUT2D eigenvalue weighted by molar-refractivity contribution is -0.109. The van der Waals surface area contributed by atoms with Crippen molar-refractivity contribution in [3.05, 3.63) is 53.4 Å². The lowest BCUT2D eigenvalue weighted by Crippen LogP contribution is -2.03. The number of thioether (sulfide) groups is 1. The molecule has 0 saturated heterocycles. The van der Waals surface area contributed by atoms with E-state index < -0.39 is 34.6 Å². The van der Waals surface area contributed by atoms with Crippen LogP contribution in [0.3, 0.4) is 0 Å². The van der Waals surface area contributed by atoms with Crippen LogP contribution < -0.4 is 0 Å². The van der Waals surface area contributed by atoms with Crippen LogP contribution in [0.4, 0.5) is 22.0 Å². The van der Waals surface area contributed by atoms with Crippen LogP contribution in [0.1, 0.15) is 6.92 Å². The van der Waals surface area contributed by atoms with Gasteiger partial charge in [-0.15, -0.1) is 0 Å². The first-order valence-electron chi connectivity index (χ1n) is 5.63. The van der Waals surface area contributed by atoms with E-state index in [-0.39, 0.29) is 10.7 Å². The molecule has 21 heavy (non-hydrogen) atoms. The fraction of sp³-hybridized carbons (Fsp3) is 0.0714. The summed E-state index contributed by atoms with van der Waals surface area (Å²) in [4.78, 5) is 11.4. The van der Waals surface area contributed by atoms with Gasteiger partial charge in [-0.2, -0.15) is 0 Å². The molecule has 0 atom stereocenters. The molecule has 0 radical (unpaired) electrons. The van der Waals surface area contributed by atoms with Gasteiger partial charge in [0.25, 0.3) is 0 Å². The molecule has 0 spiro atoms. The smallest absolute Gasteiger partial charge is 0.200 e. The van der Waals surface area contributed by atoms with Crippen LogP contribution >= 0.6 is 11.8 Å². The van der Waals surface area contributed by atoms with Crippen molar-refractivity contribution < 1.29 is 26.7 Å². The van der Waals surface area contributed by atoms with E-state index in [1.54, 1.807) is 0 Å². The predicted octanol–water partition coefficient (Wildman–Crippen LogP) is 4.69. The van der Waals surface area contributed by atoms with Crippen LogP contribution in [-0.4, -0.2) is 5.12 Å². The van der Waals surface area contributed by atoms with Crippen LogP contribution in [0.5, 0.6) is 0 Å². The molecule has 0 amide bonds. The second kappa shape index (κ2) is 5.85. The van der Waals surface area contributed by atoms with E-state index in [0.29, 0.717) is 4.90 Å². The van der Waals surface area contributed by atoms with Crippen LogP contribution in [-0.2, 0) is 4.79 Å². The molecular formula is C14H7F5OS. The van der Waals surface area contributed by atoms with Crippen molar-refractivity contribution in [3.63, 3.8) is 0 Å². The van der Waals surface area contributed by atoms with Gasteiger partial charge in [-0.3, -0.25) is 4.79 Å². The molecule has 0 bridgehead atoms. The van der Waals surface area contributed by atoms with E-state index in [0.717, 1.165) is 11.8 Å². The number of halogens is 5. The van der Waals surface area contributed by atoms with Gasteiger partial charge in [-0.1, -0.05) is 23.9 Å². The average molecular weight is 318 g/mol. The highest BCUT2D eigenvalue weighted by molar-refractivity contribution is 8.13. The number of carbonyl (C=O) groups is 1. The minimum Gasteiger partial charge on any atom is -0.287 e. The summed E-state index contributed by atoms with van der Waals surface area (Å²) in [5.41, 5.74) is -1.17. The van der Waals surface area contributed by atoms with Gasteiger partial charge in [0.2, 0.25) is 5.82 Å². The molecule has 0 heterocycles. The minimum atomic E-state index is -2.20. The zero-order valence-electron chi connectivity index (χ0n) is 10.5. The molecule has 2 rings (SSSR count). The van der Waals surface area contributed by atoms with Crippen molar-refractivity contribution in [3.8, 4) is 11.1 Å².